The molecule has 0 amide bonds. The van der Waals surface area contributed by atoms with Gasteiger partial charge in [-0.25, -0.2) is 12.8 Å². The first kappa shape index (κ1) is 15.4. The Morgan fingerprint density at radius 2 is 2.20 bits per heavy atom. The molecule has 2 unspecified atom stereocenters. The summed E-state index contributed by atoms with van der Waals surface area (Å²) in [5.74, 6) is 0.372. The lowest BCUT2D eigenvalue weighted by Crippen LogP contribution is -2.39. The predicted molar refractivity (Wildman–Crippen MR) is 79.0 cm³/mol. The number of nitrogens with zero attached hydrogens (tertiary/aromatic N) is 1. The van der Waals surface area contributed by atoms with Crippen molar-refractivity contribution >= 4 is 9.84 Å². The van der Waals surface area contributed by atoms with E-state index in [-0.39, 0.29) is 23.7 Å². The molecule has 1 heterocycles. The molecule has 1 aliphatic rings. The van der Waals surface area contributed by atoms with Gasteiger partial charge in [0.05, 0.1) is 11.5 Å². The number of hydrogen-bond donors (Lipinski definition) is 0. The lowest BCUT2D eigenvalue weighted by atomic mass is 10.0. The van der Waals surface area contributed by atoms with Crippen LogP contribution in [0.25, 0.3) is 0 Å². The van der Waals surface area contributed by atoms with E-state index in [2.05, 4.69) is 11.8 Å². The summed E-state index contributed by atoms with van der Waals surface area (Å²) in [6.45, 7) is 2.10. The van der Waals surface area contributed by atoms with Crippen LogP contribution in [0.15, 0.2) is 24.3 Å². The Balaban J connectivity index is 1.87. The third-order valence-corrected chi connectivity index (χ3v) is 5.97. The number of hydrogen-bond acceptors (Lipinski definition) is 3. The second-order valence-electron chi connectivity index (χ2n) is 5.74. The van der Waals surface area contributed by atoms with Gasteiger partial charge < -0.3 is 0 Å². The molecule has 20 heavy (non-hydrogen) atoms. The average Bonchev–Trinajstić information content (AvgIpc) is 2.75. The minimum Gasteiger partial charge on any atom is -0.300 e. The number of sulfone groups is 1. The van der Waals surface area contributed by atoms with Gasteiger partial charge in [0.1, 0.15) is 5.82 Å². The van der Waals surface area contributed by atoms with Crippen molar-refractivity contribution in [3.8, 4) is 0 Å². The second kappa shape index (κ2) is 6.22. The molecule has 1 aliphatic heterocycles. The van der Waals surface area contributed by atoms with Crippen LogP contribution >= 0.6 is 0 Å². The lowest BCUT2D eigenvalue weighted by molar-refractivity contribution is 0.191. The summed E-state index contributed by atoms with van der Waals surface area (Å²) in [5.41, 5.74) is 0.990. The summed E-state index contributed by atoms with van der Waals surface area (Å²) >= 11 is 0. The molecule has 1 aromatic carbocycles. The fourth-order valence-corrected chi connectivity index (χ4v) is 4.51. The molecule has 0 saturated carbocycles. The standard InChI is InChI=1S/C15H22FNO2S/c1-12(6-7-13-4-3-5-14(16)10-13)17(2)15-8-9-20(18,19)11-15/h3-5,10,12,15H,6-9,11H2,1-2H3. The average molecular weight is 299 g/mol. The monoisotopic (exact) mass is 299 g/mol. The smallest absolute Gasteiger partial charge is 0.151 e. The van der Waals surface area contributed by atoms with Crippen molar-refractivity contribution in [3.63, 3.8) is 0 Å². The quantitative estimate of drug-likeness (QED) is 0.837. The molecular weight excluding hydrogens is 277 g/mol. The van der Waals surface area contributed by atoms with Crippen LogP contribution < -0.4 is 0 Å². The zero-order valence-corrected chi connectivity index (χ0v) is 12.9. The van der Waals surface area contributed by atoms with E-state index in [9.17, 15) is 12.8 Å². The molecule has 0 aliphatic carbocycles. The second-order valence-corrected chi connectivity index (χ2v) is 7.97. The van der Waals surface area contributed by atoms with Gasteiger partial charge in [0.2, 0.25) is 0 Å². The SMILES string of the molecule is CC(CCc1cccc(F)c1)N(C)C1CCS(=O)(=O)C1. The van der Waals surface area contributed by atoms with Gasteiger partial charge in [0.25, 0.3) is 0 Å². The highest BCUT2D eigenvalue weighted by atomic mass is 32.2. The highest BCUT2D eigenvalue weighted by molar-refractivity contribution is 7.91. The number of halogens is 1. The predicted octanol–water partition coefficient (Wildman–Crippen LogP) is 2.27. The summed E-state index contributed by atoms with van der Waals surface area (Å²) in [4.78, 5) is 2.16. The minimum atomic E-state index is -2.84. The van der Waals surface area contributed by atoms with Crippen molar-refractivity contribution in [2.24, 2.45) is 0 Å². The van der Waals surface area contributed by atoms with Crippen molar-refractivity contribution in [3.05, 3.63) is 35.6 Å². The normalized spacial score (nSPS) is 23.1. The van der Waals surface area contributed by atoms with Crippen LogP contribution in [0.5, 0.6) is 0 Å². The Morgan fingerprint density at radius 1 is 1.45 bits per heavy atom. The van der Waals surface area contributed by atoms with Crippen LogP contribution in [-0.4, -0.2) is 44.0 Å². The van der Waals surface area contributed by atoms with Crippen LogP contribution in [0, 0.1) is 5.82 Å². The molecule has 112 valence electrons. The van der Waals surface area contributed by atoms with Gasteiger partial charge in [-0.3, -0.25) is 4.90 Å². The zero-order valence-electron chi connectivity index (χ0n) is 12.0. The Bertz CT molecular complexity index is 559. The number of rotatable bonds is 5. The first-order valence-corrected chi connectivity index (χ1v) is 8.86. The summed E-state index contributed by atoms with van der Waals surface area (Å²) < 4.78 is 36.1. The van der Waals surface area contributed by atoms with E-state index in [4.69, 9.17) is 0 Å². The topological polar surface area (TPSA) is 37.4 Å². The lowest BCUT2D eigenvalue weighted by Gasteiger charge is -2.29. The maximum Gasteiger partial charge on any atom is 0.151 e. The molecule has 0 radical (unpaired) electrons. The highest BCUT2D eigenvalue weighted by Gasteiger charge is 2.32. The Labute approximate surface area is 120 Å². The van der Waals surface area contributed by atoms with Crippen molar-refractivity contribution in [1.82, 2.24) is 4.90 Å². The van der Waals surface area contributed by atoms with E-state index in [1.807, 2.05) is 13.1 Å². The van der Waals surface area contributed by atoms with Gasteiger partial charge in [0.15, 0.2) is 9.84 Å². The molecule has 1 aromatic rings. The molecule has 2 atom stereocenters. The molecule has 0 N–H and O–H groups in total. The highest BCUT2D eigenvalue weighted by Crippen LogP contribution is 2.20. The summed E-state index contributed by atoms with van der Waals surface area (Å²) in [5, 5.41) is 0. The molecule has 0 spiro atoms. The number of benzene rings is 1. The van der Waals surface area contributed by atoms with Crippen molar-refractivity contribution in [2.45, 2.75) is 38.3 Å². The van der Waals surface area contributed by atoms with Crippen molar-refractivity contribution in [2.75, 3.05) is 18.6 Å². The molecule has 3 nitrogen and oxygen atoms in total. The molecular formula is C15H22FNO2S. The maximum absolute atomic E-state index is 13.1. The Morgan fingerprint density at radius 3 is 2.80 bits per heavy atom. The first-order valence-electron chi connectivity index (χ1n) is 7.04. The van der Waals surface area contributed by atoms with E-state index in [0.29, 0.717) is 5.75 Å². The summed E-state index contributed by atoms with van der Waals surface area (Å²) in [6.07, 6.45) is 2.43. The van der Waals surface area contributed by atoms with Gasteiger partial charge >= 0.3 is 0 Å². The largest absolute Gasteiger partial charge is 0.300 e. The van der Waals surface area contributed by atoms with E-state index in [1.54, 1.807) is 12.1 Å². The van der Waals surface area contributed by atoms with E-state index < -0.39 is 9.84 Å². The molecule has 0 bridgehead atoms. The van der Waals surface area contributed by atoms with E-state index in [0.717, 1.165) is 24.8 Å². The molecule has 1 saturated heterocycles. The van der Waals surface area contributed by atoms with Crippen LogP contribution in [-0.2, 0) is 16.3 Å². The Hall–Kier alpha value is -0.940. The van der Waals surface area contributed by atoms with Crippen molar-refractivity contribution < 1.29 is 12.8 Å². The minimum absolute atomic E-state index is 0.127. The van der Waals surface area contributed by atoms with Crippen LogP contribution in [0.3, 0.4) is 0 Å². The third kappa shape index (κ3) is 4.03. The maximum atomic E-state index is 13.1. The van der Waals surface area contributed by atoms with E-state index in [1.165, 1.54) is 6.07 Å². The summed E-state index contributed by atoms with van der Waals surface area (Å²) in [6, 6.07) is 7.08. The molecule has 2 rings (SSSR count). The number of aryl methyl sites for hydroxylation is 1. The van der Waals surface area contributed by atoms with Gasteiger partial charge in [0, 0.05) is 12.1 Å². The fourth-order valence-electron chi connectivity index (χ4n) is 2.73. The van der Waals surface area contributed by atoms with Gasteiger partial charge in [-0.1, -0.05) is 12.1 Å². The van der Waals surface area contributed by atoms with Crippen molar-refractivity contribution in [1.29, 1.82) is 0 Å². The fraction of sp³-hybridized carbons (Fsp3) is 0.600. The third-order valence-electron chi connectivity index (χ3n) is 4.22. The molecule has 0 aromatic heterocycles. The van der Waals surface area contributed by atoms with Crippen LogP contribution in [0.4, 0.5) is 4.39 Å². The summed E-state index contributed by atoms with van der Waals surface area (Å²) in [7, 11) is -0.850. The molecule has 1 fully saturated rings. The molecule has 5 heteroatoms. The van der Waals surface area contributed by atoms with Gasteiger partial charge in [-0.15, -0.1) is 0 Å². The van der Waals surface area contributed by atoms with E-state index >= 15 is 0 Å². The Kier molecular flexibility index (Phi) is 4.81. The van der Waals surface area contributed by atoms with Crippen LogP contribution in [0.2, 0.25) is 0 Å². The van der Waals surface area contributed by atoms with Gasteiger partial charge in [-0.05, 0) is 50.9 Å². The zero-order chi connectivity index (χ0) is 14.8. The first-order chi connectivity index (χ1) is 9.37. The van der Waals surface area contributed by atoms with Crippen LogP contribution in [0.1, 0.15) is 25.3 Å². The van der Waals surface area contributed by atoms with Gasteiger partial charge in [-0.2, -0.15) is 0 Å².